The number of carbonyl (C=O) groups excluding carboxylic acids is 1. The molecule has 0 spiro atoms. The maximum absolute atomic E-state index is 15.3. The zero-order valence-corrected chi connectivity index (χ0v) is 25.0. The molecule has 44 heavy (non-hydrogen) atoms. The number of amides is 1. The van der Waals surface area contributed by atoms with Gasteiger partial charge < -0.3 is 10.6 Å². The van der Waals surface area contributed by atoms with E-state index in [1.54, 1.807) is 60.7 Å². The van der Waals surface area contributed by atoms with Gasteiger partial charge in [-0.2, -0.15) is 0 Å². The number of sulfone groups is 1. The van der Waals surface area contributed by atoms with Crippen molar-refractivity contribution in [1.82, 2.24) is 10.6 Å². The highest BCUT2D eigenvalue weighted by molar-refractivity contribution is 7.92. The van der Waals surface area contributed by atoms with E-state index >= 15 is 4.39 Å². The predicted molar refractivity (Wildman–Crippen MR) is 164 cm³/mol. The first-order chi connectivity index (χ1) is 21.1. The minimum absolute atomic E-state index is 0.0229. The van der Waals surface area contributed by atoms with Crippen molar-refractivity contribution < 1.29 is 26.4 Å². The molecule has 0 bridgehead atoms. The number of hydrogen-bond acceptors (Lipinski definition) is 5. The molecular formula is C34H34F3N3O3S. The lowest BCUT2D eigenvalue weighted by Crippen LogP contribution is -2.66. The average molecular weight is 622 g/mol. The molecule has 1 amide bonds. The van der Waals surface area contributed by atoms with Crippen molar-refractivity contribution in [3.05, 3.63) is 131 Å². The fourth-order valence-electron chi connectivity index (χ4n) is 5.80. The number of nitrogens with one attached hydrogen (secondary N) is 3. The summed E-state index contributed by atoms with van der Waals surface area (Å²) in [6.07, 6.45) is -0.0171. The molecule has 1 aliphatic rings. The first-order valence-electron chi connectivity index (χ1n) is 14.4. The maximum atomic E-state index is 15.3. The average Bonchev–Trinajstić information content (AvgIpc) is 3.01. The molecule has 6 nitrogen and oxygen atoms in total. The van der Waals surface area contributed by atoms with Gasteiger partial charge in [-0.1, -0.05) is 48.5 Å². The summed E-state index contributed by atoms with van der Waals surface area (Å²) in [5.41, 5.74) is 1.73. The van der Waals surface area contributed by atoms with E-state index in [2.05, 4.69) is 16.0 Å². The third-order valence-corrected chi connectivity index (χ3v) is 10.4. The molecule has 0 unspecified atom stereocenters. The van der Waals surface area contributed by atoms with E-state index in [0.717, 1.165) is 0 Å². The van der Waals surface area contributed by atoms with Crippen molar-refractivity contribution >= 4 is 21.4 Å². The third kappa shape index (κ3) is 6.88. The summed E-state index contributed by atoms with van der Waals surface area (Å²) in [4.78, 5) is 12.2. The fourth-order valence-corrected chi connectivity index (χ4v) is 7.78. The number of halogens is 3. The lowest BCUT2D eigenvalue weighted by atomic mass is 9.88. The van der Waals surface area contributed by atoms with E-state index in [4.69, 9.17) is 0 Å². The van der Waals surface area contributed by atoms with Gasteiger partial charge >= 0.3 is 0 Å². The molecule has 0 aliphatic carbocycles. The van der Waals surface area contributed by atoms with Crippen molar-refractivity contribution in [2.75, 3.05) is 18.4 Å². The van der Waals surface area contributed by atoms with Crippen molar-refractivity contribution in [2.45, 2.75) is 47.9 Å². The molecule has 4 aromatic rings. The number of anilines is 1. The molecule has 10 heteroatoms. The SMILES string of the molecule is C[C@@H]1CNC[C@@](CCc2c(F)cccc2NC(=O)CC(c2ccc(F)cc2)c2ccc(F)cc2)(S(=O)(=O)c2ccccc2)N1. The molecule has 1 heterocycles. The molecule has 1 fully saturated rings. The van der Waals surface area contributed by atoms with Crippen LogP contribution in [0.5, 0.6) is 0 Å². The van der Waals surface area contributed by atoms with Gasteiger partial charge in [0, 0.05) is 42.7 Å². The van der Waals surface area contributed by atoms with Gasteiger partial charge in [0.05, 0.1) is 4.90 Å². The van der Waals surface area contributed by atoms with E-state index in [9.17, 15) is 22.0 Å². The molecule has 230 valence electrons. The Bertz CT molecular complexity index is 1660. The summed E-state index contributed by atoms with van der Waals surface area (Å²) in [5, 5.41) is 9.29. The molecule has 0 saturated carbocycles. The van der Waals surface area contributed by atoms with Crippen LogP contribution in [0.3, 0.4) is 0 Å². The molecule has 5 rings (SSSR count). The van der Waals surface area contributed by atoms with Gasteiger partial charge in [-0.05, 0) is 79.4 Å². The number of piperazine rings is 1. The Kier molecular flexibility index (Phi) is 9.53. The Balaban J connectivity index is 1.40. The van der Waals surface area contributed by atoms with Crippen LogP contribution in [0.1, 0.15) is 42.4 Å². The van der Waals surface area contributed by atoms with Crippen LogP contribution in [0.2, 0.25) is 0 Å². The first kappa shape index (κ1) is 31.4. The van der Waals surface area contributed by atoms with Crippen molar-refractivity contribution in [1.29, 1.82) is 0 Å². The second-order valence-corrected chi connectivity index (χ2v) is 13.4. The zero-order chi connectivity index (χ0) is 31.3. The number of rotatable bonds is 10. The standard InChI is InChI=1S/C34H34F3N3O3S/c1-23-21-38-22-34(40-23,44(42,43)28-6-3-2-4-7-28)19-18-29-31(37)8-5-9-32(29)39-33(41)20-30(24-10-14-26(35)15-11-24)25-12-16-27(36)17-13-25/h2-17,23,30,38,40H,18-22H2,1H3,(H,39,41)/t23-,34-/m1/s1. The molecule has 1 saturated heterocycles. The molecular weight excluding hydrogens is 587 g/mol. The van der Waals surface area contributed by atoms with Crippen molar-refractivity contribution in [3.8, 4) is 0 Å². The summed E-state index contributed by atoms with van der Waals surface area (Å²) in [5.74, 6) is -2.38. The molecule has 0 aromatic heterocycles. The lowest BCUT2D eigenvalue weighted by molar-refractivity contribution is -0.116. The monoisotopic (exact) mass is 621 g/mol. The quantitative estimate of drug-likeness (QED) is 0.204. The topological polar surface area (TPSA) is 87.3 Å². The van der Waals surface area contributed by atoms with Crippen LogP contribution in [-0.4, -0.2) is 38.3 Å². The fraction of sp³-hybridized carbons (Fsp3) is 0.265. The van der Waals surface area contributed by atoms with Gasteiger partial charge in [0.25, 0.3) is 0 Å². The van der Waals surface area contributed by atoms with E-state index in [-0.39, 0.29) is 48.0 Å². The van der Waals surface area contributed by atoms with Crippen LogP contribution in [-0.2, 0) is 21.1 Å². The minimum atomic E-state index is -3.90. The van der Waals surface area contributed by atoms with Gasteiger partial charge in [-0.25, -0.2) is 21.6 Å². The molecule has 2 atom stereocenters. The maximum Gasteiger partial charge on any atom is 0.225 e. The van der Waals surface area contributed by atoms with Gasteiger partial charge in [0.2, 0.25) is 5.91 Å². The van der Waals surface area contributed by atoms with Gasteiger partial charge in [-0.15, -0.1) is 0 Å². The normalized spacial score (nSPS) is 18.7. The summed E-state index contributed by atoms with van der Waals surface area (Å²) in [6.45, 7) is 2.59. The first-order valence-corrected chi connectivity index (χ1v) is 15.9. The van der Waals surface area contributed by atoms with E-state index < -0.39 is 44.0 Å². The summed E-state index contributed by atoms with van der Waals surface area (Å²) < 4.78 is 70.5. The Morgan fingerprint density at radius 1 is 0.886 bits per heavy atom. The summed E-state index contributed by atoms with van der Waals surface area (Å²) >= 11 is 0. The molecule has 4 aromatic carbocycles. The van der Waals surface area contributed by atoms with Crippen LogP contribution >= 0.6 is 0 Å². The highest BCUT2D eigenvalue weighted by atomic mass is 32.2. The Morgan fingerprint density at radius 3 is 2.09 bits per heavy atom. The van der Waals surface area contributed by atoms with Gasteiger partial charge in [0.15, 0.2) is 9.84 Å². The number of benzene rings is 4. The number of hydrogen-bond donors (Lipinski definition) is 3. The van der Waals surface area contributed by atoms with Gasteiger partial charge in [-0.3, -0.25) is 10.1 Å². The minimum Gasteiger partial charge on any atom is -0.326 e. The second kappa shape index (κ2) is 13.3. The van der Waals surface area contributed by atoms with Crippen LogP contribution in [0.15, 0.2) is 102 Å². The summed E-state index contributed by atoms with van der Waals surface area (Å²) in [6, 6.07) is 23.8. The van der Waals surface area contributed by atoms with E-state index in [1.807, 2.05) is 6.92 Å². The van der Waals surface area contributed by atoms with Gasteiger partial charge in [0.1, 0.15) is 22.3 Å². The van der Waals surface area contributed by atoms with Crippen LogP contribution in [0.25, 0.3) is 0 Å². The van der Waals surface area contributed by atoms with Crippen molar-refractivity contribution in [3.63, 3.8) is 0 Å². The van der Waals surface area contributed by atoms with Crippen LogP contribution in [0, 0.1) is 17.5 Å². The van der Waals surface area contributed by atoms with E-state index in [0.29, 0.717) is 17.7 Å². The Hall–Kier alpha value is -3.99. The highest BCUT2D eigenvalue weighted by Crippen LogP contribution is 2.33. The third-order valence-electron chi connectivity index (χ3n) is 8.04. The highest BCUT2D eigenvalue weighted by Gasteiger charge is 2.47. The zero-order valence-electron chi connectivity index (χ0n) is 24.2. The second-order valence-electron chi connectivity index (χ2n) is 11.2. The van der Waals surface area contributed by atoms with Crippen LogP contribution < -0.4 is 16.0 Å². The van der Waals surface area contributed by atoms with Crippen LogP contribution in [0.4, 0.5) is 18.9 Å². The molecule has 3 N–H and O–H groups in total. The smallest absolute Gasteiger partial charge is 0.225 e. The lowest BCUT2D eigenvalue weighted by Gasteiger charge is -2.41. The number of carbonyl (C=O) groups is 1. The molecule has 1 aliphatic heterocycles. The Morgan fingerprint density at radius 2 is 1.50 bits per heavy atom. The van der Waals surface area contributed by atoms with E-state index in [1.165, 1.54) is 36.4 Å². The molecule has 0 radical (unpaired) electrons. The summed E-state index contributed by atoms with van der Waals surface area (Å²) in [7, 11) is -3.90. The Labute approximate surface area is 255 Å². The van der Waals surface area contributed by atoms with Crippen molar-refractivity contribution in [2.24, 2.45) is 0 Å². The largest absolute Gasteiger partial charge is 0.326 e. The predicted octanol–water partition coefficient (Wildman–Crippen LogP) is 5.95.